The largest absolute Gasteiger partial charge is 0.488 e. The first-order valence-corrected chi connectivity index (χ1v) is 11.4. The van der Waals surface area contributed by atoms with Crippen LogP contribution in [0.5, 0.6) is 5.75 Å². The van der Waals surface area contributed by atoms with Crippen LogP contribution < -0.4 is 9.50 Å². The fourth-order valence-corrected chi connectivity index (χ4v) is 4.41. The number of carbonyl (C=O) groups excluding carboxylic acids is 1. The van der Waals surface area contributed by atoms with Crippen LogP contribution >= 0.6 is 0 Å². The highest BCUT2D eigenvalue weighted by Gasteiger charge is 2.29. The van der Waals surface area contributed by atoms with Crippen molar-refractivity contribution in [3.05, 3.63) is 88.5 Å². The first-order chi connectivity index (χ1) is 15.8. The molecule has 3 aromatic carbocycles. The predicted octanol–water partition coefficient (Wildman–Crippen LogP) is 4.61. The van der Waals surface area contributed by atoms with Gasteiger partial charge in [-0.25, -0.2) is 4.79 Å². The Morgan fingerprint density at radius 1 is 1.09 bits per heavy atom. The van der Waals surface area contributed by atoms with Gasteiger partial charge in [-0.2, -0.15) is 8.42 Å². The molecule has 1 aliphatic carbocycles. The molecule has 1 amide bonds. The number of hydrogen-bond acceptors (Lipinski definition) is 5. The second kappa shape index (κ2) is 8.96. The Morgan fingerprint density at radius 2 is 1.70 bits per heavy atom. The van der Waals surface area contributed by atoms with Crippen molar-refractivity contribution in [1.82, 2.24) is 5.32 Å². The van der Waals surface area contributed by atoms with Gasteiger partial charge in [0.15, 0.2) is 0 Å². The van der Waals surface area contributed by atoms with E-state index in [0.717, 1.165) is 22.3 Å². The topological polar surface area (TPSA) is 81.7 Å². The standard InChI is InChI=1S/C25H20FNO5S/c1-3-17-12-18(16(2)24(13-17)32-33(26,29)30)14-27-25(28)31-15-23-21-10-6-4-8-19(21)20-9-5-7-11-22(20)23/h1,4-13,23H,14-15H2,2H3,(H,27,28). The van der Waals surface area contributed by atoms with Crippen molar-refractivity contribution >= 4 is 16.6 Å². The lowest BCUT2D eigenvalue weighted by atomic mass is 9.98. The van der Waals surface area contributed by atoms with Crippen LogP contribution in [-0.4, -0.2) is 21.1 Å². The van der Waals surface area contributed by atoms with Gasteiger partial charge in [0.05, 0.1) is 0 Å². The van der Waals surface area contributed by atoms with Crippen molar-refractivity contribution in [2.24, 2.45) is 0 Å². The molecule has 0 fully saturated rings. The van der Waals surface area contributed by atoms with E-state index >= 15 is 0 Å². The van der Waals surface area contributed by atoms with Crippen molar-refractivity contribution in [2.75, 3.05) is 6.61 Å². The first kappa shape index (κ1) is 22.4. The molecular weight excluding hydrogens is 445 g/mol. The maximum Gasteiger partial charge on any atom is 0.488 e. The van der Waals surface area contributed by atoms with Crippen LogP contribution in [-0.2, 0) is 21.8 Å². The second-order valence-corrected chi connectivity index (χ2v) is 8.51. The number of nitrogens with one attached hydrogen (secondary N) is 1. The van der Waals surface area contributed by atoms with Crippen LogP contribution in [0.1, 0.15) is 33.7 Å². The molecule has 0 aromatic heterocycles. The van der Waals surface area contributed by atoms with Gasteiger partial charge in [0, 0.05) is 18.0 Å². The zero-order chi connectivity index (χ0) is 23.6. The second-order valence-electron chi connectivity index (χ2n) is 7.56. The lowest BCUT2D eigenvalue weighted by Crippen LogP contribution is -2.26. The van der Waals surface area contributed by atoms with E-state index in [2.05, 4.69) is 15.4 Å². The van der Waals surface area contributed by atoms with E-state index in [4.69, 9.17) is 11.2 Å². The van der Waals surface area contributed by atoms with Crippen LogP contribution in [0.2, 0.25) is 0 Å². The summed E-state index contributed by atoms with van der Waals surface area (Å²) < 4.78 is 44.6. The molecule has 6 nitrogen and oxygen atoms in total. The van der Waals surface area contributed by atoms with E-state index in [1.807, 2.05) is 48.5 Å². The molecule has 33 heavy (non-hydrogen) atoms. The van der Waals surface area contributed by atoms with Crippen LogP contribution in [0.3, 0.4) is 0 Å². The number of alkyl carbamates (subject to hydrolysis) is 1. The van der Waals surface area contributed by atoms with Gasteiger partial charge in [-0.3, -0.25) is 0 Å². The van der Waals surface area contributed by atoms with Crippen LogP contribution in [0, 0.1) is 19.3 Å². The molecule has 0 atom stereocenters. The highest BCUT2D eigenvalue weighted by atomic mass is 32.3. The van der Waals surface area contributed by atoms with Gasteiger partial charge in [0.2, 0.25) is 0 Å². The Bertz CT molecular complexity index is 1330. The van der Waals surface area contributed by atoms with Crippen molar-refractivity contribution in [2.45, 2.75) is 19.4 Å². The zero-order valence-corrected chi connectivity index (χ0v) is 18.5. The van der Waals surface area contributed by atoms with E-state index in [1.165, 1.54) is 13.0 Å². The summed E-state index contributed by atoms with van der Waals surface area (Å²) in [6, 6.07) is 18.8. The maximum absolute atomic E-state index is 13.0. The summed E-state index contributed by atoms with van der Waals surface area (Å²) in [5, 5.41) is 2.62. The van der Waals surface area contributed by atoms with Gasteiger partial charge in [-0.1, -0.05) is 58.3 Å². The van der Waals surface area contributed by atoms with Gasteiger partial charge in [0.1, 0.15) is 12.4 Å². The van der Waals surface area contributed by atoms with Crippen LogP contribution in [0.4, 0.5) is 8.68 Å². The summed E-state index contributed by atoms with van der Waals surface area (Å²) in [7, 11) is -5.22. The molecular formula is C25H20FNO5S. The number of carbonyl (C=O) groups is 1. The summed E-state index contributed by atoms with van der Waals surface area (Å²) in [4.78, 5) is 12.4. The average molecular weight is 466 g/mol. The van der Waals surface area contributed by atoms with E-state index in [1.54, 1.807) is 6.07 Å². The Morgan fingerprint density at radius 3 is 2.27 bits per heavy atom. The van der Waals surface area contributed by atoms with Crippen molar-refractivity contribution in [3.8, 4) is 29.2 Å². The fourth-order valence-electron chi connectivity index (χ4n) is 4.02. The monoisotopic (exact) mass is 465 g/mol. The molecule has 0 spiro atoms. The quantitative estimate of drug-likeness (QED) is 0.425. The minimum atomic E-state index is -5.22. The third kappa shape index (κ3) is 4.83. The van der Waals surface area contributed by atoms with E-state index in [-0.39, 0.29) is 30.4 Å². The molecule has 8 heteroatoms. The summed E-state index contributed by atoms with van der Waals surface area (Å²) >= 11 is 0. The van der Waals surface area contributed by atoms with Crippen LogP contribution in [0.15, 0.2) is 60.7 Å². The number of ether oxygens (including phenoxy) is 1. The molecule has 0 aliphatic heterocycles. The molecule has 4 rings (SSSR count). The fraction of sp³-hybridized carbons (Fsp3) is 0.160. The molecule has 0 saturated carbocycles. The predicted molar refractivity (Wildman–Crippen MR) is 122 cm³/mol. The Hall–Kier alpha value is -3.83. The summed E-state index contributed by atoms with van der Waals surface area (Å²) in [6.45, 7) is 1.67. The molecule has 0 bridgehead atoms. The third-order valence-corrected chi connectivity index (χ3v) is 5.97. The summed E-state index contributed by atoms with van der Waals surface area (Å²) in [6.07, 6.45) is 4.74. The van der Waals surface area contributed by atoms with Gasteiger partial charge >= 0.3 is 16.6 Å². The smallest absolute Gasteiger partial charge is 0.449 e. The molecule has 0 heterocycles. The highest BCUT2D eigenvalue weighted by molar-refractivity contribution is 7.81. The molecule has 3 aromatic rings. The lowest BCUT2D eigenvalue weighted by Gasteiger charge is -2.15. The number of halogens is 1. The Kier molecular flexibility index (Phi) is 6.07. The summed E-state index contributed by atoms with van der Waals surface area (Å²) in [5.74, 6) is 2.03. The maximum atomic E-state index is 13.0. The lowest BCUT2D eigenvalue weighted by molar-refractivity contribution is 0.142. The zero-order valence-electron chi connectivity index (χ0n) is 17.7. The van der Waals surface area contributed by atoms with Crippen molar-refractivity contribution in [3.63, 3.8) is 0 Å². The van der Waals surface area contributed by atoms with Gasteiger partial charge in [0.25, 0.3) is 0 Å². The van der Waals surface area contributed by atoms with E-state index < -0.39 is 16.6 Å². The SMILES string of the molecule is C#Cc1cc(CNC(=O)OCC2c3ccccc3-c3ccccc32)c(C)c(OS(=O)(=O)F)c1. The minimum Gasteiger partial charge on any atom is -0.449 e. The van der Waals surface area contributed by atoms with Gasteiger partial charge in [-0.05, 0) is 52.4 Å². The normalized spacial score (nSPS) is 12.4. The molecule has 1 aliphatic rings. The van der Waals surface area contributed by atoms with Gasteiger partial charge in [-0.15, -0.1) is 6.42 Å². The first-order valence-electron chi connectivity index (χ1n) is 10.1. The van der Waals surface area contributed by atoms with Crippen LogP contribution in [0.25, 0.3) is 11.1 Å². The number of benzene rings is 3. The Labute approximate surface area is 191 Å². The van der Waals surface area contributed by atoms with Crippen molar-refractivity contribution < 1.29 is 26.0 Å². The number of amides is 1. The van der Waals surface area contributed by atoms with Crippen molar-refractivity contribution in [1.29, 1.82) is 0 Å². The number of hydrogen-bond donors (Lipinski definition) is 1. The number of fused-ring (bicyclic) bond motifs is 3. The Balaban J connectivity index is 1.45. The molecule has 0 saturated heterocycles. The molecule has 168 valence electrons. The molecule has 0 radical (unpaired) electrons. The highest BCUT2D eigenvalue weighted by Crippen LogP contribution is 2.44. The van der Waals surface area contributed by atoms with E-state index in [9.17, 15) is 17.1 Å². The van der Waals surface area contributed by atoms with Gasteiger partial charge < -0.3 is 14.2 Å². The number of terminal acetylenes is 1. The molecule has 0 unspecified atom stereocenters. The average Bonchev–Trinajstić information content (AvgIpc) is 3.11. The number of rotatable bonds is 6. The molecule has 1 N–H and O–H groups in total. The third-order valence-electron chi connectivity index (χ3n) is 5.59. The summed E-state index contributed by atoms with van der Waals surface area (Å²) in [5.41, 5.74) is 5.52. The minimum absolute atomic E-state index is 0.0132. The van der Waals surface area contributed by atoms with E-state index in [0.29, 0.717) is 11.1 Å².